The molecule has 1 atom stereocenters. The summed E-state index contributed by atoms with van der Waals surface area (Å²) >= 11 is 0. The van der Waals surface area contributed by atoms with Gasteiger partial charge in [0.15, 0.2) is 0 Å². The number of aromatic hydroxyl groups is 1. The van der Waals surface area contributed by atoms with Crippen LogP contribution in [-0.4, -0.2) is 10.2 Å². The van der Waals surface area contributed by atoms with E-state index in [9.17, 15) is 10.2 Å². The second-order valence-electron chi connectivity index (χ2n) is 4.46. The van der Waals surface area contributed by atoms with Crippen LogP contribution in [0.3, 0.4) is 0 Å². The van der Waals surface area contributed by atoms with Crippen LogP contribution in [0.1, 0.15) is 24.2 Å². The van der Waals surface area contributed by atoms with E-state index in [0.717, 1.165) is 11.3 Å². The molecule has 5 N–H and O–H groups in total. The molecule has 19 heavy (non-hydrogen) atoms. The molecule has 0 aliphatic carbocycles. The highest BCUT2D eigenvalue weighted by Crippen LogP contribution is 2.26. The van der Waals surface area contributed by atoms with Gasteiger partial charge in [0.05, 0.1) is 6.10 Å². The van der Waals surface area contributed by atoms with Crippen LogP contribution >= 0.6 is 0 Å². The Hall–Kier alpha value is -2.20. The lowest BCUT2D eigenvalue weighted by molar-refractivity contribution is 0.200. The van der Waals surface area contributed by atoms with Crippen molar-refractivity contribution in [3.63, 3.8) is 0 Å². The average Bonchev–Trinajstić information content (AvgIpc) is 2.38. The number of phenolic OH excluding ortho intramolecular Hbond substituents is 1. The number of aliphatic hydroxyl groups is 1. The minimum absolute atomic E-state index is 0.169. The Bertz CT molecular complexity index is 548. The average molecular weight is 258 g/mol. The lowest BCUT2D eigenvalue weighted by Crippen LogP contribution is -2.06. The highest BCUT2D eigenvalue weighted by Gasteiger charge is 2.09. The fourth-order valence-corrected chi connectivity index (χ4v) is 1.99. The summed E-state index contributed by atoms with van der Waals surface area (Å²) in [4.78, 5) is 0. The van der Waals surface area contributed by atoms with Gasteiger partial charge in [0.2, 0.25) is 0 Å². The van der Waals surface area contributed by atoms with Crippen molar-refractivity contribution in [1.29, 1.82) is 0 Å². The number of rotatable bonds is 4. The van der Waals surface area contributed by atoms with Crippen LogP contribution in [0.4, 0.5) is 11.4 Å². The lowest BCUT2D eigenvalue weighted by atomic mass is 10.1. The summed E-state index contributed by atoms with van der Waals surface area (Å²) in [5.74, 6) is 0.169. The Morgan fingerprint density at radius 2 is 1.89 bits per heavy atom. The number of aliphatic hydroxyl groups excluding tert-OH is 1. The van der Waals surface area contributed by atoms with E-state index in [0.29, 0.717) is 17.8 Å². The lowest BCUT2D eigenvalue weighted by Gasteiger charge is -2.15. The smallest absolute Gasteiger partial charge is 0.122 e. The van der Waals surface area contributed by atoms with E-state index in [1.54, 1.807) is 25.1 Å². The molecule has 2 aromatic rings. The number of hydrogen-bond donors (Lipinski definition) is 4. The second-order valence-corrected chi connectivity index (χ2v) is 4.46. The molecule has 4 heteroatoms. The third-order valence-corrected chi connectivity index (χ3v) is 3.05. The quantitative estimate of drug-likeness (QED) is 0.636. The summed E-state index contributed by atoms with van der Waals surface area (Å²) in [7, 11) is 0. The first kappa shape index (κ1) is 13.2. The molecule has 0 saturated carbocycles. The van der Waals surface area contributed by atoms with Crippen molar-refractivity contribution in [3.8, 4) is 5.75 Å². The normalized spacial score (nSPS) is 12.1. The summed E-state index contributed by atoms with van der Waals surface area (Å²) < 4.78 is 0. The molecular formula is C15H18N2O2. The molecule has 2 aromatic carbocycles. The fourth-order valence-electron chi connectivity index (χ4n) is 1.99. The Balaban J connectivity index is 2.19. The molecule has 2 rings (SSSR count). The van der Waals surface area contributed by atoms with Gasteiger partial charge in [0.1, 0.15) is 5.75 Å². The molecule has 0 bridgehead atoms. The fraction of sp³-hybridized carbons (Fsp3) is 0.200. The monoisotopic (exact) mass is 258 g/mol. The molecule has 0 amide bonds. The third kappa shape index (κ3) is 2.98. The van der Waals surface area contributed by atoms with E-state index >= 15 is 0 Å². The van der Waals surface area contributed by atoms with Crippen LogP contribution in [0.5, 0.6) is 5.75 Å². The number of anilines is 2. The van der Waals surface area contributed by atoms with Crippen molar-refractivity contribution in [3.05, 3.63) is 53.6 Å². The number of nitrogens with two attached hydrogens (primary N) is 1. The van der Waals surface area contributed by atoms with Gasteiger partial charge in [-0.2, -0.15) is 0 Å². The van der Waals surface area contributed by atoms with Crippen molar-refractivity contribution in [2.24, 2.45) is 0 Å². The standard InChI is InChI=1S/C15H18N2O2/c1-10(18)11-5-2-3-7-14(11)17-9-12-13(16)6-4-8-15(12)19/h2-8,10,17-19H,9,16H2,1H3. The Kier molecular flexibility index (Phi) is 3.92. The molecule has 0 heterocycles. The first-order valence-electron chi connectivity index (χ1n) is 6.16. The van der Waals surface area contributed by atoms with E-state index in [1.807, 2.05) is 24.3 Å². The van der Waals surface area contributed by atoms with Gasteiger partial charge in [0, 0.05) is 29.0 Å². The van der Waals surface area contributed by atoms with Crippen LogP contribution in [0, 0.1) is 0 Å². The van der Waals surface area contributed by atoms with Gasteiger partial charge in [-0.25, -0.2) is 0 Å². The molecule has 0 radical (unpaired) electrons. The van der Waals surface area contributed by atoms with Gasteiger partial charge in [-0.1, -0.05) is 24.3 Å². The van der Waals surface area contributed by atoms with Gasteiger partial charge < -0.3 is 21.3 Å². The Labute approximate surface area is 112 Å². The maximum absolute atomic E-state index is 9.78. The summed E-state index contributed by atoms with van der Waals surface area (Å²) in [6.45, 7) is 2.12. The molecule has 0 aromatic heterocycles. The van der Waals surface area contributed by atoms with Crippen LogP contribution in [0.25, 0.3) is 0 Å². The van der Waals surface area contributed by atoms with E-state index in [4.69, 9.17) is 5.73 Å². The number of para-hydroxylation sites is 1. The van der Waals surface area contributed by atoms with Crippen molar-refractivity contribution in [2.75, 3.05) is 11.1 Å². The molecular weight excluding hydrogens is 240 g/mol. The van der Waals surface area contributed by atoms with Gasteiger partial charge in [-0.15, -0.1) is 0 Å². The molecule has 0 aliphatic rings. The zero-order valence-electron chi connectivity index (χ0n) is 10.8. The summed E-state index contributed by atoms with van der Waals surface area (Å²) in [5.41, 5.74) is 8.68. The Morgan fingerprint density at radius 3 is 2.58 bits per heavy atom. The molecule has 0 saturated heterocycles. The summed E-state index contributed by atoms with van der Waals surface area (Å²) in [6, 6.07) is 12.6. The first-order chi connectivity index (χ1) is 9.09. The van der Waals surface area contributed by atoms with Crippen molar-refractivity contribution >= 4 is 11.4 Å². The van der Waals surface area contributed by atoms with Crippen molar-refractivity contribution in [1.82, 2.24) is 0 Å². The van der Waals surface area contributed by atoms with E-state index in [-0.39, 0.29) is 5.75 Å². The third-order valence-electron chi connectivity index (χ3n) is 3.05. The predicted octanol–water partition coefficient (Wildman–Crippen LogP) is 2.64. The predicted molar refractivity (Wildman–Crippen MR) is 76.9 cm³/mol. The molecule has 0 fully saturated rings. The van der Waals surface area contributed by atoms with Gasteiger partial charge in [-0.05, 0) is 25.1 Å². The largest absolute Gasteiger partial charge is 0.508 e. The van der Waals surface area contributed by atoms with E-state index < -0.39 is 6.10 Å². The number of benzene rings is 2. The zero-order chi connectivity index (χ0) is 13.8. The number of nitrogen functional groups attached to an aromatic ring is 1. The second kappa shape index (κ2) is 5.63. The molecule has 1 unspecified atom stereocenters. The number of nitrogens with one attached hydrogen (secondary N) is 1. The maximum Gasteiger partial charge on any atom is 0.122 e. The van der Waals surface area contributed by atoms with E-state index in [1.165, 1.54) is 0 Å². The van der Waals surface area contributed by atoms with Crippen molar-refractivity contribution < 1.29 is 10.2 Å². The first-order valence-corrected chi connectivity index (χ1v) is 6.16. The highest BCUT2D eigenvalue weighted by atomic mass is 16.3. The molecule has 100 valence electrons. The maximum atomic E-state index is 9.78. The Morgan fingerprint density at radius 1 is 1.16 bits per heavy atom. The minimum atomic E-state index is -0.551. The molecule has 0 spiro atoms. The number of phenols is 1. The topological polar surface area (TPSA) is 78.5 Å². The number of hydrogen-bond acceptors (Lipinski definition) is 4. The van der Waals surface area contributed by atoms with Crippen LogP contribution in [0.15, 0.2) is 42.5 Å². The van der Waals surface area contributed by atoms with Gasteiger partial charge in [-0.3, -0.25) is 0 Å². The summed E-state index contributed by atoms with van der Waals surface area (Å²) in [5, 5.41) is 22.7. The van der Waals surface area contributed by atoms with Crippen LogP contribution in [-0.2, 0) is 6.54 Å². The van der Waals surface area contributed by atoms with Gasteiger partial charge >= 0.3 is 0 Å². The van der Waals surface area contributed by atoms with Crippen LogP contribution in [0.2, 0.25) is 0 Å². The minimum Gasteiger partial charge on any atom is -0.508 e. The van der Waals surface area contributed by atoms with Crippen molar-refractivity contribution in [2.45, 2.75) is 19.6 Å². The SMILES string of the molecule is CC(O)c1ccccc1NCc1c(N)cccc1O. The van der Waals surface area contributed by atoms with Crippen LogP contribution < -0.4 is 11.1 Å². The highest BCUT2D eigenvalue weighted by molar-refractivity contribution is 5.57. The zero-order valence-corrected chi connectivity index (χ0v) is 10.8. The summed E-state index contributed by atoms with van der Waals surface area (Å²) in [6.07, 6.45) is -0.551. The molecule has 0 aliphatic heterocycles. The van der Waals surface area contributed by atoms with E-state index in [2.05, 4.69) is 5.32 Å². The molecule has 4 nitrogen and oxygen atoms in total. The van der Waals surface area contributed by atoms with Gasteiger partial charge in [0.25, 0.3) is 0 Å².